The van der Waals surface area contributed by atoms with Crippen LogP contribution in [0.4, 0.5) is 0 Å². The predicted molar refractivity (Wildman–Crippen MR) is 106 cm³/mol. The molecule has 11 heteroatoms. The molecule has 2 aliphatic heterocycles. The van der Waals surface area contributed by atoms with Crippen molar-refractivity contribution in [3.8, 4) is 5.75 Å². The van der Waals surface area contributed by atoms with Crippen LogP contribution in [0.15, 0.2) is 24.3 Å². The summed E-state index contributed by atoms with van der Waals surface area (Å²) in [6, 6.07) is 6.09. The summed E-state index contributed by atoms with van der Waals surface area (Å²) in [5.74, 6) is -0.852. The molecule has 2 fully saturated rings. The second kappa shape index (κ2) is 10.6. The number of hydrogen-bond acceptors (Lipinski definition) is 11. The van der Waals surface area contributed by atoms with Gasteiger partial charge in [-0.05, 0) is 31.2 Å². The molecule has 3 rings (SSSR count). The Labute approximate surface area is 184 Å². The van der Waals surface area contributed by atoms with Crippen molar-refractivity contribution in [1.82, 2.24) is 0 Å². The molecule has 0 aliphatic carbocycles. The fourth-order valence-electron chi connectivity index (χ4n) is 3.53. The number of benzene rings is 1. The van der Waals surface area contributed by atoms with Crippen molar-refractivity contribution in [2.24, 2.45) is 0 Å². The lowest BCUT2D eigenvalue weighted by Gasteiger charge is -2.43. The lowest BCUT2D eigenvalue weighted by molar-refractivity contribution is -0.313. The van der Waals surface area contributed by atoms with E-state index in [1.54, 1.807) is 19.1 Å². The summed E-state index contributed by atoms with van der Waals surface area (Å²) in [6.07, 6.45) is -9.44. The normalized spacial score (nSPS) is 35.1. The molecule has 2 heterocycles. The molecule has 0 radical (unpaired) electrons. The molecule has 0 bridgehead atoms. The Morgan fingerprint density at radius 2 is 1.59 bits per heavy atom. The van der Waals surface area contributed by atoms with E-state index in [1.807, 2.05) is 0 Å². The van der Waals surface area contributed by atoms with Gasteiger partial charge in [-0.25, -0.2) is 4.79 Å². The quantitative estimate of drug-likeness (QED) is 0.471. The number of carbonyl (C=O) groups is 2. The van der Waals surface area contributed by atoms with Gasteiger partial charge in [-0.15, -0.1) is 0 Å². The fourth-order valence-corrected chi connectivity index (χ4v) is 3.53. The van der Waals surface area contributed by atoms with E-state index >= 15 is 0 Å². The SMILES string of the molecule is COc1ccc(C(=O)O[C@H]2[C@H](O[C@@H]3[C@@H](OC(C)=O)[C@H](C)OC[C@@H]3O)OC[C@@H](O)[C@@H]2O)cc1. The lowest BCUT2D eigenvalue weighted by atomic mass is 9.99. The smallest absolute Gasteiger partial charge is 0.338 e. The van der Waals surface area contributed by atoms with Crippen LogP contribution >= 0.6 is 0 Å². The van der Waals surface area contributed by atoms with Gasteiger partial charge in [-0.3, -0.25) is 4.79 Å². The van der Waals surface area contributed by atoms with Crippen LogP contribution in [0.1, 0.15) is 24.2 Å². The Morgan fingerprint density at radius 1 is 0.938 bits per heavy atom. The minimum Gasteiger partial charge on any atom is -0.497 e. The molecule has 2 aliphatic rings. The zero-order valence-corrected chi connectivity index (χ0v) is 18.0. The van der Waals surface area contributed by atoms with Crippen LogP contribution in [0.2, 0.25) is 0 Å². The average molecular weight is 456 g/mol. The summed E-state index contributed by atoms with van der Waals surface area (Å²) in [6.45, 7) is 2.48. The molecule has 0 saturated carbocycles. The van der Waals surface area contributed by atoms with E-state index < -0.39 is 61.0 Å². The maximum atomic E-state index is 12.6. The number of methoxy groups -OCH3 is 1. The molecule has 11 nitrogen and oxygen atoms in total. The van der Waals surface area contributed by atoms with E-state index in [-0.39, 0.29) is 18.8 Å². The summed E-state index contributed by atoms with van der Waals surface area (Å²) in [5, 5.41) is 30.9. The molecule has 2 saturated heterocycles. The van der Waals surface area contributed by atoms with E-state index in [0.717, 1.165) is 0 Å². The first-order valence-electron chi connectivity index (χ1n) is 10.2. The van der Waals surface area contributed by atoms with Crippen LogP contribution in [0.5, 0.6) is 5.75 Å². The standard InChI is InChI=1S/C21H28O11/c1-10-17(30-11(2)22)18(15(24)9-28-10)32-21-19(16(25)14(23)8-29-21)31-20(26)12-4-6-13(27-3)7-5-12/h4-7,10,14-19,21,23-25H,8-9H2,1-3H3/t10-,14+,15-,16-,17-,18-,19+,21-/m0/s1. The minimum absolute atomic E-state index is 0.0855. The van der Waals surface area contributed by atoms with Crippen LogP contribution < -0.4 is 4.74 Å². The molecule has 0 aromatic heterocycles. The molecular formula is C21H28O11. The number of rotatable bonds is 6. The first-order chi connectivity index (χ1) is 15.2. The highest BCUT2D eigenvalue weighted by atomic mass is 16.7. The molecular weight excluding hydrogens is 428 g/mol. The van der Waals surface area contributed by atoms with Gasteiger partial charge in [0.1, 0.15) is 30.2 Å². The first-order valence-corrected chi connectivity index (χ1v) is 10.2. The van der Waals surface area contributed by atoms with Gasteiger partial charge >= 0.3 is 11.9 Å². The number of ether oxygens (including phenoxy) is 6. The summed E-state index contributed by atoms with van der Waals surface area (Å²) >= 11 is 0. The van der Waals surface area contributed by atoms with Crippen molar-refractivity contribution >= 4 is 11.9 Å². The highest BCUT2D eigenvalue weighted by molar-refractivity contribution is 5.89. The molecule has 0 unspecified atom stereocenters. The van der Waals surface area contributed by atoms with Gasteiger partial charge in [0.25, 0.3) is 0 Å². The Balaban J connectivity index is 1.78. The summed E-state index contributed by atoms with van der Waals surface area (Å²) in [4.78, 5) is 24.1. The summed E-state index contributed by atoms with van der Waals surface area (Å²) in [5.41, 5.74) is 0.175. The highest BCUT2D eigenvalue weighted by Gasteiger charge is 2.48. The van der Waals surface area contributed by atoms with Crippen LogP contribution in [-0.2, 0) is 28.5 Å². The third-order valence-corrected chi connectivity index (χ3v) is 5.29. The van der Waals surface area contributed by atoms with Crippen molar-refractivity contribution in [3.63, 3.8) is 0 Å². The van der Waals surface area contributed by atoms with Crippen LogP contribution in [0.25, 0.3) is 0 Å². The van der Waals surface area contributed by atoms with E-state index in [4.69, 9.17) is 28.4 Å². The lowest BCUT2D eigenvalue weighted by Crippen LogP contribution is -2.61. The number of aliphatic hydroxyl groups is 3. The van der Waals surface area contributed by atoms with Gasteiger partial charge < -0.3 is 43.7 Å². The zero-order chi connectivity index (χ0) is 23.4. The molecule has 8 atom stereocenters. The largest absolute Gasteiger partial charge is 0.497 e. The van der Waals surface area contributed by atoms with Crippen LogP contribution in [-0.4, -0.2) is 96.6 Å². The minimum atomic E-state index is -1.52. The molecule has 0 spiro atoms. The molecule has 0 amide bonds. The first kappa shape index (κ1) is 24.4. The monoisotopic (exact) mass is 456 g/mol. The third kappa shape index (κ3) is 5.55. The second-order valence-electron chi connectivity index (χ2n) is 7.64. The highest BCUT2D eigenvalue weighted by Crippen LogP contribution is 2.28. The van der Waals surface area contributed by atoms with Crippen molar-refractivity contribution in [2.45, 2.75) is 62.9 Å². The van der Waals surface area contributed by atoms with Crippen molar-refractivity contribution in [3.05, 3.63) is 29.8 Å². The zero-order valence-electron chi connectivity index (χ0n) is 18.0. The Bertz CT molecular complexity index is 782. The van der Waals surface area contributed by atoms with Gasteiger partial charge in [-0.1, -0.05) is 0 Å². The van der Waals surface area contributed by atoms with E-state index in [2.05, 4.69) is 0 Å². The van der Waals surface area contributed by atoms with Crippen LogP contribution in [0.3, 0.4) is 0 Å². The third-order valence-electron chi connectivity index (χ3n) is 5.29. The fraction of sp³-hybridized carbons (Fsp3) is 0.619. The molecule has 3 N–H and O–H groups in total. The Morgan fingerprint density at radius 3 is 2.22 bits per heavy atom. The van der Waals surface area contributed by atoms with E-state index in [1.165, 1.54) is 26.2 Å². The molecule has 1 aromatic rings. The number of esters is 2. The van der Waals surface area contributed by atoms with Gasteiger partial charge in [0.05, 0.1) is 32.0 Å². The Hall–Kier alpha value is -2.28. The number of hydrogen-bond donors (Lipinski definition) is 3. The molecule has 32 heavy (non-hydrogen) atoms. The van der Waals surface area contributed by atoms with Crippen molar-refractivity contribution in [2.75, 3.05) is 20.3 Å². The summed E-state index contributed by atoms with van der Waals surface area (Å²) in [7, 11) is 1.49. The summed E-state index contributed by atoms with van der Waals surface area (Å²) < 4.78 is 32.4. The molecule has 1 aromatic carbocycles. The number of carbonyl (C=O) groups excluding carboxylic acids is 2. The number of aliphatic hydroxyl groups excluding tert-OH is 3. The topological polar surface area (TPSA) is 150 Å². The van der Waals surface area contributed by atoms with E-state index in [9.17, 15) is 24.9 Å². The Kier molecular flexibility index (Phi) is 8.04. The average Bonchev–Trinajstić information content (AvgIpc) is 2.77. The van der Waals surface area contributed by atoms with Crippen LogP contribution in [0, 0.1) is 0 Å². The predicted octanol–water partition coefficient (Wildman–Crippen LogP) is -0.605. The van der Waals surface area contributed by atoms with Gasteiger partial charge in [0, 0.05) is 6.92 Å². The van der Waals surface area contributed by atoms with Gasteiger partial charge in [0.15, 0.2) is 18.5 Å². The van der Waals surface area contributed by atoms with Crippen molar-refractivity contribution in [1.29, 1.82) is 0 Å². The second-order valence-corrected chi connectivity index (χ2v) is 7.64. The maximum absolute atomic E-state index is 12.6. The van der Waals surface area contributed by atoms with E-state index in [0.29, 0.717) is 5.75 Å². The molecule has 178 valence electrons. The van der Waals surface area contributed by atoms with Gasteiger partial charge in [-0.2, -0.15) is 0 Å². The van der Waals surface area contributed by atoms with Crippen molar-refractivity contribution < 1.29 is 53.3 Å². The maximum Gasteiger partial charge on any atom is 0.338 e. The van der Waals surface area contributed by atoms with Gasteiger partial charge in [0.2, 0.25) is 0 Å².